The highest BCUT2D eigenvalue weighted by atomic mass is 16.5. The number of methoxy groups -OCH3 is 3. The van der Waals surface area contributed by atoms with Gasteiger partial charge in [-0.05, 0) is 42.8 Å². The molecule has 1 aromatic heterocycles. The van der Waals surface area contributed by atoms with Gasteiger partial charge in [-0.3, -0.25) is 4.79 Å². The van der Waals surface area contributed by atoms with Crippen LogP contribution >= 0.6 is 0 Å². The molecule has 7 heteroatoms. The summed E-state index contributed by atoms with van der Waals surface area (Å²) in [6, 6.07) is 11.0. The number of ether oxygens (including phenoxy) is 3. The fraction of sp³-hybridized carbons (Fsp3) is 0.238. The predicted molar refractivity (Wildman–Crippen MR) is 108 cm³/mol. The molecule has 0 aliphatic carbocycles. The summed E-state index contributed by atoms with van der Waals surface area (Å²) in [5, 5.41) is 2.90. The van der Waals surface area contributed by atoms with Crippen LogP contribution in [-0.4, -0.2) is 37.2 Å². The van der Waals surface area contributed by atoms with Gasteiger partial charge in [0.15, 0.2) is 11.5 Å². The first-order chi connectivity index (χ1) is 13.5. The lowest BCUT2D eigenvalue weighted by Gasteiger charge is -2.13. The van der Waals surface area contributed by atoms with Crippen LogP contribution in [0.3, 0.4) is 0 Å². The average Bonchev–Trinajstić information content (AvgIpc) is 3.15. The summed E-state index contributed by atoms with van der Waals surface area (Å²) in [5.74, 6) is 2.03. The first-order valence-electron chi connectivity index (χ1n) is 8.79. The zero-order chi connectivity index (χ0) is 20.1. The number of fused-ring (bicyclic) bond motifs is 1. The third-order valence-electron chi connectivity index (χ3n) is 4.29. The number of hydrogen-bond donors (Lipinski definition) is 2. The average molecular weight is 381 g/mol. The van der Waals surface area contributed by atoms with Crippen molar-refractivity contribution in [1.29, 1.82) is 0 Å². The molecular weight excluding hydrogens is 358 g/mol. The Kier molecular flexibility index (Phi) is 5.84. The van der Waals surface area contributed by atoms with Gasteiger partial charge in [0.05, 0.1) is 38.4 Å². The molecule has 0 aliphatic rings. The highest BCUT2D eigenvalue weighted by Crippen LogP contribution is 2.38. The molecule has 2 aromatic carbocycles. The molecule has 28 heavy (non-hydrogen) atoms. The molecule has 0 spiro atoms. The van der Waals surface area contributed by atoms with Crippen LogP contribution in [0.15, 0.2) is 42.5 Å². The molecule has 146 valence electrons. The minimum atomic E-state index is -0.260. The minimum absolute atomic E-state index is 0.235. The number of amides is 1. The van der Waals surface area contributed by atoms with E-state index in [-0.39, 0.29) is 11.9 Å². The van der Waals surface area contributed by atoms with Crippen molar-refractivity contribution in [2.75, 3.05) is 21.3 Å². The van der Waals surface area contributed by atoms with Gasteiger partial charge in [-0.1, -0.05) is 12.1 Å². The van der Waals surface area contributed by atoms with Crippen LogP contribution in [0, 0.1) is 0 Å². The number of benzene rings is 2. The highest BCUT2D eigenvalue weighted by molar-refractivity contribution is 5.92. The van der Waals surface area contributed by atoms with Gasteiger partial charge >= 0.3 is 0 Å². The van der Waals surface area contributed by atoms with Crippen LogP contribution in [0.5, 0.6) is 17.2 Å². The number of hydrogen-bond acceptors (Lipinski definition) is 5. The van der Waals surface area contributed by atoms with E-state index >= 15 is 0 Å². The topological polar surface area (TPSA) is 85.5 Å². The van der Waals surface area contributed by atoms with Crippen molar-refractivity contribution in [3.05, 3.63) is 53.9 Å². The summed E-state index contributed by atoms with van der Waals surface area (Å²) >= 11 is 0. The van der Waals surface area contributed by atoms with Gasteiger partial charge in [-0.25, -0.2) is 4.98 Å². The molecule has 0 fully saturated rings. The smallest absolute Gasteiger partial charge is 0.244 e. The molecule has 3 rings (SSSR count). The summed E-state index contributed by atoms with van der Waals surface area (Å²) in [7, 11) is 4.64. The second kappa shape index (κ2) is 8.47. The number of para-hydroxylation sites is 2. The van der Waals surface area contributed by atoms with E-state index in [2.05, 4.69) is 15.3 Å². The zero-order valence-electron chi connectivity index (χ0n) is 16.3. The molecule has 0 bridgehead atoms. The highest BCUT2D eigenvalue weighted by Gasteiger charge is 2.14. The van der Waals surface area contributed by atoms with Gasteiger partial charge in [-0.15, -0.1) is 0 Å². The van der Waals surface area contributed by atoms with Crippen LogP contribution in [0.25, 0.3) is 17.1 Å². The zero-order valence-corrected chi connectivity index (χ0v) is 16.3. The summed E-state index contributed by atoms with van der Waals surface area (Å²) in [6.45, 7) is 1.88. The first-order valence-corrected chi connectivity index (χ1v) is 8.79. The third-order valence-corrected chi connectivity index (χ3v) is 4.29. The van der Waals surface area contributed by atoms with Crippen molar-refractivity contribution < 1.29 is 19.0 Å². The van der Waals surface area contributed by atoms with Gasteiger partial charge in [-0.2, -0.15) is 0 Å². The molecule has 0 aliphatic heterocycles. The largest absolute Gasteiger partial charge is 0.493 e. The van der Waals surface area contributed by atoms with Crippen molar-refractivity contribution in [3.63, 3.8) is 0 Å². The third kappa shape index (κ3) is 4.09. The quantitative estimate of drug-likeness (QED) is 0.612. The molecule has 1 amide bonds. The maximum Gasteiger partial charge on any atom is 0.244 e. The van der Waals surface area contributed by atoms with E-state index in [1.54, 1.807) is 39.5 Å². The molecule has 7 nitrogen and oxygen atoms in total. The number of aromatic nitrogens is 2. The second-order valence-corrected chi connectivity index (χ2v) is 6.16. The van der Waals surface area contributed by atoms with E-state index in [9.17, 15) is 4.79 Å². The minimum Gasteiger partial charge on any atom is -0.493 e. The lowest BCUT2D eigenvalue weighted by Crippen LogP contribution is -2.25. The lowest BCUT2D eigenvalue weighted by molar-refractivity contribution is -0.117. The van der Waals surface area contributed by atoms with Crippen molar-refractivity contribution in [2.45, 2.75) is 13.0 Å². The van der Waals surface area contributed by atoms with Gasteiger partial charge in [0.25, 0.3) is 0 Å². The molecule has 0 radical (unpaired) electrons. The number of carbonyl (C=O) groups excluding carboxylic acids is 1. The Balaban J connectivity index is 1.72. The Labute approximate surface area is 163 Å². The Hall–Kier alpha value is -3.48. The molecule has 0 saturated heterocycles. The molecular formula is C21H23N3O4. The van der Waals surface area contributed by atoms with Crippen molar-refractivity contribution >= 4 is 23.0 Å². The van der Waals surface area contributed by atoms with Crippen molar-refractivity contribution in [3.8, 4) is 17.2 Å². The van der Waals surface area contributed by atoms with E-state index in [1.165, 1.54) is 6.08 Å². The maximum atomic E-state index is 12.3. The Bertz CT molecular complexity index is 952. The summed E-state index contributed by atoms with van der Waals surface area (Å²) in [5.41, 5.74) is 2.55. The number of aromatic amines is 1. The van der Waals surface area contributed by atoms with E-state index in [1.807, 2.05) is 31.2 Å². The fourth-order valence-corrected chi connectivity index (χ4v) is 2.88. The summed E-state index contributed by atoms with van der Waals surface area (Å²) in [4.78, 5) is 20.0. The number of carbonyl (C=O) groups is 1. The van der Waals surface area contributed by atoms with Crippen LogP contribution < -0.4 is 19.5 Å². The first kappa shape index (κ1) is 19.3. The number of rotatable bonds is 7. The molecule has 1 atom stereocenters. The SMILES string of the molecule is COc1cc(/C=C/C(=O)NC(C)c2nc3ccccc3[nH]2)cc(OC)c1OC. The van der Waals surface area contributed by atoms with Crippen LogP contribution in [0.1, 0.15) is 24.4 Å². The van der Waals surface area contributed by atoms with E-state index in [0.29, 0.717) is 23.1 Å². The number of imidazole rings is 1. The molecule has 2 N–H and O–H groups in total. The molecule has 0 saturated carbocycles. The standard InChI is InChI=1S/C21H23N3O4/c1-13(21-23-15-7-5-6-8-16(15)24-21)22-19(25)10-9-14-11-17(26-2)20(28-4)18(12-14)27-3/h5-13H,1-4H3,(H,22,25)(H,23,24)/b10-9+. The van der Waals surface area contributed by atoms with Crippen molar-refractivity contribution in [1.82, 2.24) is 15.3 Å². The Morgan fingerprint density at radius 2 is 1.79 bits per heavy atom. The molecule has 3 aromatic rings. The monoisotopic (exact) mass is 381 g/mol. The number of nitrogens with zero attached hydrogens (tertiary/aromatic N) is 1. The van der Waals surface area contributed by atoms with Gasteiger partial charge in [0, 0.05) is 6.08 Å². The molecule has 1 unspecified atom stereocenters. The fourth-order valence-electron chi connectivity index (χ4n) is 2.88. The Morgan fingerprint density at radius 1 is 1.11 bits per heavy atom. The van der Waals surface area contributed by atoms with E-state index in [4.69, 9.17) is 14.2 Å². The van der Waals surface area contributed by atoms with Crippen LogP contribution in [0.2, 0.25) is 0 Å². The molecule has 1 heterocycles. The van der Waals surface area contributed by atoms with Gasteiger partial charge in [0.1, 0.15) is 5.82 Å². The number of H-pyrrole nitrogens is 1. The Morgan fingerprint density at radius 3 is 2.39 bits per heavy atom. The van der Waals surface area contributed by atoms with Crippen molar-refractivity contribution in [2.24, 2.45) is 0 Å². The van der Waals surface area contributed by atoms with Crippen LogP contribution in [-0.2, 0) is 4.79 Å². The van der Waals surface area contributed by atoms with Gasteiger partial charge < -0.3 is 24.5 Å². The normalized spacial score (nSPS) is 12.1. The maximum absolute atomic E-state index is 12.3. The lowest BCUT2D eigenvalue weighted by atomic mass is 10.1. The summed E-state index contributed by atoms with van der Waals surface area (Å²) < 4.78 is 16.0. The summed E-state index contributed by atoms with van der Waals surface area (Å²) in [6.07, 6.45) is 3.14. The second-order valence-electron chi connectivity index (χ2n) is 6.16. The van der Waals surface area contributed by atoms with E-state index < -0.39 is 0 Å². The number of nitrogens with one attached hydrogen (secondary N) is 2. The predicted octanol–water partition coefficient (Wildman–Crippen LogP) is 3.48. The van der Waals surface area contributed by atoms with Crippen LogP contribution in [0.4, 0.5) is 0 Å². The van der Waals surface area contributed by atoms with Gasteiger partial charge in [0.2, 0.25) is 11.7 Å². The van der Waals surface area contributed by atoms with E-state index in [0.717, 1.165) is 16.6 Å².